The first-order valence-electron chi connectivity index (χ1n) is 16.1. The number of carboxylic acids is 2. The number of nitrogens with zero attached hydrogens (tertiary/aromatic N) is 2. The van der Waals surface area contributed by atoms with E-state index in [-0.39, 0.29) is 11.7 Å². The number of alkyl halides is 6. The summed E-state index contributed by atoms with van der Waals surface area (Å²) in [6, 6.07) is 33.7. The van der Waals surface area contributed by atoms with Gasteiger partial charge in [-0.3, -0.25) is 14.7 Å². The van der Waals surface area contributed by atoms with Crippen LogP contribution >= 0.6 is 0 Å². The quantitative estimate of drug-likeness (QED) is 0.0619. The van der Waals surface area contributed by atoms with E-state index in [1.165, 1.54) is 5.69 Å². The molecule has 0 aliphatic carbocycles. The van der Waals surface area contributed by atoms with Crippen molar-refractivity contribution in [2.75, 3.05) is 21.1 Å². The normalized spacial score (nSPS) is 11.4. The fourth-order valence-corrected chi connectivity index (χ4v) is 4.79. The Morgan fingerprint density at radius 3 is 1.93 bits per heavy atom. The van der Waals surface area contributed by atoms with Gasteiger partial charge in [0, 0.05) is 29.6 Å². The van der Waals surface area contributed by atoms with Gasteiger partial charge in [-0.05, 0) is 59.2 Å². The van der Waals surface area contributed by atoms with Crippen molar-refractivity contribution < 1.29 is 55.7 Å². The molecule has 0 bridgehead atoms. The number of benzene rings is 4. The summed E-state index contributed by atoms with van der Waals surface area (Å²) in [5, 5.41) is 27.7. The molecule has 4 aromatic carbocycles. The molecule has 0 saturated carbocycles. The number of quaternary nitrogens is 1. The van der Waals surface area contributed by atoms with Crippen LogP contribution in [0.25, 0.3) is 10.9 Å². The third-order valence-electron chi connectivity index (χ3n) is 7.57. The zero-order valence-electron chi connectivity index (χ0n) is 29.7. The highest BCUT2D eigenvalue weighted by Gasteiger charge is 2.38. The van der Waals surface area contributed by atoms with Crippen molar-refractivity contribution in [3.05, 3.63) is 131 Å². The number of hydrogen-bond donors (Lipinski definition) is 4. The van der Waals surface area contributed by atoms with Crippen molar-refractivity contribution in [3.63, 3.8) is 0 Å². The van der Waals surface area contributed by atoms with Crippen LogP contribution in [0.3, 0.4) is 0 Å². The molecular formula is C38H37F6N5O6. The molecule has 0 spiro atoms. The number of hydrogen-bond acceptors (Lipinski definition) is 6. The number of rotatable bonds is 10. The Morgan fingerprint density at radius 2 is 1.40 bits per heavy atom. The Hall–Kier alpha value is -6.36. The summed E-state index contributed by atoms with van der Waals surface area (Å²) in [6.45, 7) is 1.34. The lowest BCUT2D eigenvalue weighted by Gasteiger charge is -2.23. The first-order valence-corrected chi connectivity index (χ1v) is 16.1. The summed E-state index contributed by atoms with van der Waals surface area (Å²) in [4.78, 5) is 31.3. The lowest BCUT2D eigenvalue weighted by molar-refractivity contribution is -0.344. The molecule has 5 aromatic rings. The van der Waals surface area contributed by atoms with Crippen LogP contribution in [0.4, 0.5) is 32.0 Å². The molecule has 292 valence electrons. The second-order valence-corrected chi connectivity index (χ2v) is 12.7. The van der Waals surface area contributed by atoms with Gasteiger partial charge in [-0.25, -0.2) is 4.79 Å². The summed E-state index contributed by atoms with van der Waals surface area (Å²) in [5.74, 6) is -5.17. The molecule has 0 fully saturated rings. The summed E-state index contributed by atoms with van der Waals surface area (Å²) in [6.07, 6.45) is -10.3. The van der Waals surface area contributed by atoms with Crippen molar-refractivity contribution in [1.29, 1.82) is 5.41 Å². The largest absolute Gasteiger partial charge is 0.542 e. The molecule has 11 nitrogen and oxygen atoms in total. The number of nitrogens with one attached hydrogen (secondary N) is 2. The number of amides is 1. The van der Waals surface area contributed by atoms with Crippen LogP contribution in [-0.4, -0.2) is 66.9 Å². The summed E-state index contributed by atoms with van der Waals surface area (Å²) in [5.41, 5.74) is 12.1. The Morgan fingerprint density at radius 1 is 0.818 bits per heavy atom. The zero-order chi connectivity index (χ0) is 41.1. The van der Waals surface area contributed by atoms with Gasteiger partial charge in [0.15, 0.2) is 0 Å². The fraction of sp³-hybridized carbons (Fsp3) is 0.211. The minimum absolute atomic E-state index is 0.0127. The molecule has 1 amide bonds. The molecule has 0 aliphatic rings. The van der Waals surface area contributed by atoms with Gasteiger partial charge in [0.1, 0.15) is 35.5 Å². The van der Waals surface area contributed by atoms with Gasteiger partial charge in [-0.2, -0.15) is 26.3 Å². The van der Waals surface area contributed by atoms with Gasteiger partial charge in [0.05, 0.1) is 21.1 Å². The molecule has 5 N–H and O–H groups in total. The predicted molar refractivity (Wildman–Crippen MR) is 191 cm³/mol. The first kappa shape index (κ1) is 43.0. The highest BCUT2D eigenvalue weighted by molar-refractivity contribution is 5.99. The van der Waals surface area contributed by atoms with Gasteiger partial charge in [0.25, 0.3) is 5.91 Å². The number of aliphatic carboxylic acids is 2. The highest BCUT2D eigenvalue weighted by Crippen LogP contribution is 2.27. The van der Waals surface area contributed by atoms with E-state index in [0.717, 1.165) is 37.8 Å². The minimum Gasteiger partial charge on any atom is -0.542 e. The maximum Gasteiger partial charge on any atom is 0.490 e. The third-order valence-corrected chi connectivity index (χ3v) is 7.57. The highest BCUT2D eigenvalue weighted by atomic mass is 19.4. The van der Waals surface area contributed by atoms with E-state index in [1.807, 2.05) is 83.4 Å². The third kappa shape index (κ3) is 13.2. The van der Waals surface area contributed by atoms with E-state index in [9.17, 15) is 31.1 Å². The number of carbonyl (C=O) groups excluding carboxylic acids is 2. The molecule has 1 aromatic heterocycles. The minimum atomic E-state index is -5.19. The van der Waals surface area contributed by atoms with Crippen LogP contribution in [0, 0.1) is 5.41 Å². The lowest BCUT2D eigenvalue weighted by Crippen LogP contribution is -2.37. The molecule has 0 radical (unpaired) electrons. The molecule has 0 saturated heterocycles. The Balaban J connectivity index is 0.000000494. The number of nitrogen functional groups attached to an aromatic ring is 1. The van der Waals surface area contributed by atoms with Gasteiger partial charge < -0.3 is 35.4 Å². The van der Waals surface area contributed by atoms with Crippen molar-refractivity contribution >= 4 is 40.3 Å². The average molecular weight is 774 g/mol. The molecular weight excluding hydrogens is 736 g/mol. The molecule has 1 heterocycles. The molecule has 17 heteroatoms. The smallest absolute Gasteiger partial charge is 0.490 e. The predicted octanol–water partition coefficient (Wildman–Crippen LogP) is 5.61. The number of fused-ring (bicyclic) bond motifs is 1. The number of nitrogens with two attached hydrogens (primary N) is 1. The number of aromatic nitrogens is 1. The standard InChI is InChI=1S/C34H35N5O2.2C2HF3O2/c1-39(2,3)29-14-12-24(13-15-29)21-37-34(40)32-20-28-19-30(41-23-25-8-5-4-6-9-25)16-17-31(28)38(32)22-26-10-7-11-27(18-26)33(35)36;2*3-2(4,5)1(6)7/h4-20H,21-23H2,1-3H3,(H3-,35,36,37,40);2*(H,6,7). The van der Waals surface area contributed by atoms with E-state index < -0.39 is 24.3 Å². The zero-order valence-corrected chi connectivity index (χ0v) is 29.7. The first-order chi connectivity index (χ1) is 25.6. The van der Waals surface area contributed by atoms with E-state index in [1.54, 1.807) is 0 Å². The Bertz CT molecular complexity index is 2090. The second-order valence-electron chi connectivity index (χ2n) is 12.7. The van der Waals surface area contributed by atoms with Crippen LogP contribution in [0.2, 0.25) is 0 Å². The number of halogens is 6. The summed E-state index contributed by atoms with van der Waals surface area (Å²) < 4.78 is 72.1. The summed E-state index contributed by atoms with van der Waals surface area (Å²) in [7, 11) is 6.37. The van der Waals surface area contributed by atoms with E-state index in [4.69, 9.17) is 35.7 Å². The average Bonchev–Trinajstić information content (AvgIpc) is 3.47. The maximum atomic E-state index is 13.6. The van der Waals surface area contributed by atoms with E-state index >= 15 is 0 Å². The van der Waals surface area contributed by atoms with Crippen LogP contribution in [0.15, 0.2) is 103 Å². The monoisotopic (exact) mass is 773 g/mol. The fourth-order valence-electron chi connectivity index (χ4n) is 4.79. The van der Waals surface area contributed by atoms with E-state index in [0.29, 0.717) is 31.0 Å². The number of amidine groups is 1. The van der Waals surface area contributed by atoms with Crippen LogP contribution in [0.1, 0.15) is 32.7 Å². The number of carboxylic acid groups (broad SMARTS) is 2. The number of ether oxygens (including phenoxy) is 1. The van der Waals surface area contributed by atoms with Gasteiger partial charge in [-0.15, -0.1) is 0 Å². The van der Waals surface area contributed by atoms with Crippen molar-refractivity contribution in [2.45, 2.75) is 32.0 Å². The lowest BCUT2D eigenvalue weighted by atomic mass is 10.1. The summed E-state index contributed by atoms with van der Waals surface area (Å²) >= 11 is 0. The topological polar surface area (TPSA) is 171 Å². The molecule has 5 rings (SSSR count). The number of carbonyl (C=O) groups is 3. The molecule has 55 heavy (non-hydrogen) atoms. The van der Waals surface area contributed by atoms with Crippen molar-refractivity contribution in [2.24, 2.45) is 5.73 Å². The van der Waals surface area contributed by atoms with Crippen molar-refractivity contribution in [1.82, 2.24) is 14.4 Å². The second kappa shape index (κ2) is 18.1. The Labute approximate surface area is 311 Å². The van der Waals surface area contributed by atoms with Crippen LogP contribution < -0.4 is 25.4 Å². The molecule has 0 unspecified atom stereocenters. The van der Waals surface area contributed by atoms with Gasteiger partial charge >= 0.3 is 18.3 Å². The van der Waals surface area contributed by atoms with Crippen LogP contribution in [-0.2, 0) is 29.3 Å². The van der Waals surface area contributed by atoms with Gasteiger partial charge in [-0.1, -0.05) is 60.7 Å². The van der Waals surface area contributed by atoms with Crippen LogP contribution in [0.5, 0.6) is 5.75 Å². The molecule has 0 aliphatic heterocycles. The van der Waals surface area contributed by atoms with E-state index in [2.05, 4.69) is 50.7 Å². The Kier molecular flexibility index (Phi) is 14.2. The van der Waals surface area contributed by atoms with Gasteiger partial charge in [0.2, 0.25) is 0 Å². The molecule has 0 atom stereocenters. The maximum absolute atomic E-state index is 13.6. The van der Waals surface area contributed by atoms with Crippen molar-refractivity contribution in [3.8, 4) is 5.75 Å². The SMILES string of the molecule is C[N+](C)(C)c1ccc(CNC(=O)c2cc3cc(OCc4ccccc4)ccc3n2Cc2cccc(C(=N)N)c2)cc1.O=C(O)C(F)(F)F.O=C([O-])C(F)(F)F.